The summed E-state index contributed by atoms with van der Waals surface area (Å²) < 4.78 is 0. The highest BCUT2D eigenvalue weighted by Crippen LogP contribution is 2.62. The third-order valence-corrected chi connectivity index (χ3v) is 5.34. The number of rotatable bonds is 1. The van der Waals surface area contributed by atoms with Crippen molar-refractivity contribution in [2.75, 3.05) is 6.61 Å². The Morgan fingerprint density at radius 1 is 0.938 bits per heavy atom. The predicted octanol–water partition coefficient (Wildman–Crippen LogP) is 3.09. The zero-order valence-corrected chi connectivity index (χ0v) is 9.73. The van der Waals surface area contributed by atoms with Crippen molar-refractivity contribution in [3.8, 4) is 0 Å². The van der Waals surface area contributed by atoms with Gasteiger partial charge in [0.15, 0.2) is 0 Å². The van der Waals surface area contributed by atoms with Gasteiger partial charge in [0.2, 0.25) is 0 Å². The maximum absolute atomic E-state index is 5.58. The van der Waals surface area contributed by atoms with E-state index in [1.54, 1.807) is 0 Å². The first-order valence-corrected chi connectivity index (χ1v) is 6.79. The SMILES string of the molecule is C1=C[C@@H](C23CC4CC(CC(C4)C2)C3)OOC1. The summed E-state index contributed by atoms with van der Waals surface area (Å²) in [7, 11) is 0. The van der Waals surface area contributed by atoms with Crippen molar-refractivity contribution < 1.29 is 9.78 Å². The molecule has 5 aliphatic rings. The van der Waals surface area contributed by atoms with Gasteiger partial charge in [-0.25, -0.2) is 9.78 Å². The first kappa shape index (κ1) is 9.67. The third-order valence-electron chi connectivity index (χ3n) is 5.34. The second kappa shape index (κ2) is 3.33. The molecule has 4 fully saturated rings. The Kier molecular flexibility index (Phi) is 2.01. The molecule has 0 aromatic rings. The fourth-order valence-corrected chi connectivity index (χ4v) is 5.20. The molecular weight excluding hydrogens is 200 g/mol. The standard InChI is InChI=1S/C14H20O2/c1-2-13(16-15-3-1)14-7-10-4-11(8-14)6-12(5-10)9-14/h1-2,10-13H,3-9H2/t10?,11?,12?,13-,14?/m0/s1. The van der Waals surface area contributed by atoms with Crippen molar-refractivity contribution >= 4 is 0 Å². The van der Waals surface area contributed by atoms with Crippen LogP contribution in [0.5, 0.6) is 0 Å². The van der Waals surface area contributed by atoms with Gasteiger partial charge in [-0.05, 0) is 56.3 Å². The molecule has 4 bridgehead atoms. The van der Waals surface area contributed by atoms with Crippen LogP contribution in [0.4, 0.5) is 0 Å². The fraction of sp³-hybridized carbons (Fsp3) is 0.857. The Bertz CT molecular complexity index is 285. The van der Waals surface area contributed by atoms with E-state index in [2.05, 4.69) is 12.2 Å². The van der Waals surface area contributed by atoms with Gasteiger partial charge in [0.05, 0.1) is 0 Å². The van der Waals surface area contributed by atoms with E-state index in [-0.39, 0.29) is 6.10 Å². The van der Waals surface area contributed by atoms with Crippen LogP contribution in [-0.2, 0) is 9.78 Å². The molecule has 0 aromatic carbocycles. The van der Waals surface area contributed by atoms with Gasteiger partial charge in [-0.3, -0.25) is 0 Å². The maximum atomic E-state index is 5.58. The summed E-state index contributed by atoms with van der Waals surface area (Å²) in [4.78, 5) is 10.8. The fourth-order valence-electron chi connectivity index (χ4n) is 5.20. The van der Waals surface area contributed by atoms with Gasteiger partial charge in [-0.15, -0.1) is 0 Å². The summed E-state index contributed by atoms with van der Waals surface area (Å²) in [6.45, 7) is 0.628. The van der Waals surface area contributed by atoms with Crippen molar-refractivity contribution in [1.29, 1.82) is 0 Å². The van der Waals surface area contributed by atoms with Crippen LogP contribution in [0.1, 0.15) is 38.5 Å². The summed E-state index contributed by atoms with van der Waals surface area (Å²) in [5, 5.41) is 0. The van der Waals surface area contributed by atoms with E-state index < -0.39 is 0 Å². The second-order valence-corrected chi connectivity index (χ2v) is 6.51. The molecular formula is C14H20O2. The lowest BCUT2D eigenvalue weighted by Gasteiger charge is -2.58. The largest absolute Gasteiger partial charge is 0.232 e. The van der Waals surface area contributed by atoms with Gasteiger partial charge in [0.25, 0.3) is 0 Å². The van der Waals surface area contributed by atoms with Gasteiger partial charge in [0.1, 0.15) is 12.7 Å². The van der Waals surface area contributed by atoms with Gasteiger partial charge in [0, 0.05) is 5.41 Å². The number of hydrogen-bond acceptors (Lipinski definition) is 2. The van der Waals surface area contributed by atoms with Crippen LogP contribution in [0.15, 0.2) is 12.2 Å². The Balaban J connectivity index is 1.65. The summed E-state index contributed by atoms with van der Waals surface area (Å²) >= 11 is 0. The minimum absolute atomic E-state index is 0.245. The molecule has 1 aliphatic heterocycles. The van der Waals surface area contributed by atoms with E-state index in [4.69, 9.17) is 9.78 Å². The summed E-state index contributed by atoms with van der Waals surface area (Å²) in [6.07, 6.45) is 13.3. The van der Waals surface area contributed by atoms with Crippen LogP contribution in [0.25, 0.3) is 0 Å². The molecule has 4 saturated carbocycles. The smallest absolute Gasteiger partial charge is 0.117 e. The first-order valence-electron chi connectivity index (χ1n) is 6.79. The maximum Gasteiger partial charge on any atom is 0.117 e. The van der Waals surface area contributed by atoms with Crippen molar-refractivity contribution in [2.45, 2.75) is 44.6 Å². The third kappa shape index (κ3) is 1.32. The molecule has 0 spiro atoms. The monoisotopic (exact) mass is 220 g/mol. The lowest BCUT2D eigenvalue weighted by atomic mass is 9.48. The van der Waals surface area contributed by atoms with E-state index >= 15 is 0 Å². The summed E-state index contributed by atoms with van der Waals surface area (Å²) in [5.41, 5.74) is 0.436. The Hall–Kier alpha value is -0.340. The number of hydrogen-bond donors (Lipinski definition) is 0. The van der Waals surface area contributed by atoms with Crippen LogP contribution >= 0.6 is 0 Å². The van der Waals surface area contributed by atoms with Crippen molar-refractivity contribution in [1.82, 2.24) is 0 Å². The topological polar surface area (TPSA) is 18.5 Å². The molecule has 0 amide bonds. The van der Waals surface area contributed by atoms with Crippen LogP contribution in [0.3, 0.4) is 0 Å². The van der Waals surface area contributed by atoms with E-state index in [0.717, 1.165) is 17.8 Å². The predicted molar refractivity (Wildman–Crippen MR) is 60.6 cm³/mol. The molecule has 0 radical (unpaired) electrons. The lowest BCUT2D eigenvalue weighted by Crippen LogP contribution is -2.52. The minimum atomic E-state index is 0.245. The molecule has 88 valence electrons. The van der Waals surface area contributed by atoms with Crippen molar-refractivity contribution in [3.05, 3.63) is 12.2 Å². The average Bonchev–Trinajstić information content (AvgIpc) is 2.28. The minimum Gasteiger partial charge on any atom is -0.232 e. The lowest BCUT2D eigenvalue weighted by molar-refractivity contribution is -0.343. The van der Waals surface area contributed by atoms with Gasteiger partial charge >= 0.3 is 0 Å². The molecule has 0 unspecified atom stereocenters. The zero-order chi connectivity index (χ0) is 10.6. The highest BCUT2D eigenvalue weighted by molar-refractivity contribution is 5.10. The summed E-state index contributed by atoms with van der Waals surface area (Å²) in [6, 6.07) is 0. The second-order valence-electron chi connectivity index (χ2n) is 6.51. The molecule has 0 saturated heterocycles. The van der Waals surface area contributed by atoms with Crippen LogP contribution in [0.2, 0.25) is 0 Å². The molecule has 1 heterocycles. The van der Waals surface area contributed by atoms with Crippen LogP contribution < -0.4 is 0 Å². The van der Waals surface area contributed by atoms with E-state index in [1.807, 2.05) is 0 Å². The molecule has 16 heavy (non-hydrogen) atoms. The summed E-state index contributed by atoms with van der Waals surface area (Å²) in [5.74, 6) is 2.97. The first-order chi connectivity index (χ1) is 7.84. The van der Waals surface area contributed by atoms with E-state index in [1.165, 1.54) is 38.5 Å². The molecule has 1 atom stereocenters. The Morgan fingerprint density at radius 3 is 2.06 bits per heavy atom. The Morgan fingerprint density at radius 2 is 1.56 bits per heavy atom. The molecule has 2 heteroatoms. The highest BCUT2D eigenvalue weighted by Gasteiger charge is 2.54. The van der Waals surface area contributed by atoms with Crippen LogP contribution in [-0.4, -0.2) is 12.7 Å². The van der Waals surface area contributed by atoms with Crippen LogP contribution in [0, 0.1) is 23.2 Å². The van der Waals surface area contributed by atoms with Gasteiger partial charge in [-0.1, -0.05) is 12.2 Å². The quantitative estimate of drug-likeness (QED) is 0.499. The molecule has 0 N–H and O–H groups in total. The highest BCUT2D eigenvalue weighted by atomic mass is 17.2. The van der Waals surface area contributed by atoms with Crippen molar-refractivity contribution in [2.24, 2.45) is 23.2 Å². The molecule has 5 rings (SSSR count). The molecule has 2 nitrogen and oxygen atoms in total. The molecule has 4 aliphatic carbocycles. The normalized spacial score (nSPS) is 54.5. The van der Waals surface area contributed by atoms with E-state index in [9.17, 15) is 0 Å². The average molecular weight is 220 g/mol. The van der Waals surface area contributed by atoms with Gasteiger partial charge < -0.3 is 0 Å². The Labute approximate surface area is 96.9 Å². The van der Waals surface area contributed by atoms with Crippen molar-refractivity contribution in [3.63, 3.8) is 0 Å². The zero-order valence-electron chi connectivity index (χ0n) is 9.73. The van der Waals surface area contributed by atoms with E-state index in [0.29, 0.717) is 12.0 Å². The van der Waals surface area contributed by atoms with Gasteiger partial charge in [-0.2, -0.15) is 0 Å². The molecule has 0 aromatic heterocycles.